The predicted molar refractivity (Wildman–Crippen MR) is 128 cm³/mol. The fraction of sp³-hybridized carbons (Fsp3) is 0.214. The Morgan fingerprint density at radius 3 is 2.00 bits per heavy atom. The molecule has 144 valence electrons. The lowest BCUT2D eigenvalue weighted by Crippen LogP contribution is -2.14. The number of fused-ring (bicyclic) bond motifs is 6. The summed E-state index contributed by atoms with van der Waals surface area (Å²) < 4.78 is 0. The first kappa shape index (κ1) is 17.4. The zero-order chi connectivity index (χ0) is 19.6. The van der Waals surface area contributed by atoms with Crippen LogP contribution < -0.4 is 0 Å². The minimum absolute atomic E-state index is 0.525. The van der Waals surface area contributed by atoms with Crippen LogP contribution in [0, 0.1) is 0 Å². The third-order valence-electron chi connectivity index (χ3n) is 7.20. The summed E-state index contributed by atoms with van der Waals surface area (Å²) in [4.78, 5) is 0. The van der Waals surface area contributed by atoms with E-state index in [1.54, 1.807) is 22.3 Å². The van der Waals surface area contributed by atoms with E-state index in [9.17, 15) is 0 Å². The second-order valence-electron chi connectivity index (χ2n) is 8.92. The molecule has 0 aliphatic heterocycles. The minimum Gasteiger partial charge on any atom is -0.229 e. The summed E-state index contributed by atoms with van der Waals surface area (Å²) in [6.45, 7) is 0. The van der Waals surface area contributed by atoms with Crippen molar-refractivity contribution in [2.75, 3.05) is 12.5 Å². The van der Waals surface area contributed by atoms with E-state index in [1.807, 2.05) is 0 Å². The normalized spacial score (nSPS) is 18.5. The Kier molecular flexibility index (Phi) is 3.74. The zero-order valence-electron chi connectivity index (χ0n) is 17.1. The van der Waals surface area contributed by atoms with Gasteiger partial charge in [0.2, 0.25) is 0 Å². The Balaban J connectivity index is 1.52. The molecule has 0 heterocycles. The fourth-order valence-electron chi connectivity index (χ4n) is 5.92. The molecule has 0 N–H and O–H groups in total. The van der Waals surface area contributed by atoms with Crippen LogP contribution in [0.5, 0.6) is 0 Å². The van der Waals surface area contributed by atoms with E-state index in [-0.39, 0.29) is 0 Å². The highest BCUT2D eigenvalue weighted by atomic mass is 32.3. The molecule has 2 aliphatic rings. The highest BCUT2D eigenvalue weighted by Crippen LogP contribution is 2.72. The van der Waals surface area contributed by atoms with Gasteiger partial charge in [0.15, 0.2) is 0 Å². The molecule has 0 radical (unpaired) electrons. The van der Waals surface area contributed by atoms with Crippen LogP contribution in [0.25, 0.3) is 21.9 Å². The molecule has 1 heteroatoms. The fourth-order valence-corrected chi connectivity index (χ4v) is 9.57. The Morgan fingerprint density at radius 1 is 0.655 bits per heavy atom. The largest absolute Gasteiger partial charge is 0.229 e. The van der Waals surface area contributed by atoms with Gasteiger partial charge in [-0.2, -0.15) is 0 Å². The highest BCUT2D eigenvalue weighted by Gasteiger charge is 2.43. The van der Waals surface area contributed by atoms with Crippen molar-refractivity contribution in [3.63, 3.8) is 0 Å². The topological polar surface area (TPSA) is 0 Å². The van der Waals surface area contributed by atoms with Crippen molar-refractivity contribution in [2.45, 2.75) is 23.3 Å². The summed E-state index contributed by atoms with van der Waals surface area (Å²) in [5.74, 6) is 0. The predicted octanol–water partition coefficient (Wildman–Crippen LogP) is 7.66. The van der Waals surface area contributed by atoms with Crippen molar-refractivity contribution in [2.24, 2.45) is 0 Å². The quantitative estimate of drug-likeness (QED) is 0.327. The van der Waals surface area contributed by atoms with Gasteiger partial charge in [0.1, 0.15) is 0 Å². The van der Waals surface area contributed by atoms with Crippen LogP contribution in [0.3, 0.4) is 0 Å². The molecule has 0 bridgehead atoms. The molecular weight excluding hydrogens is 368 g/mol. The maximum atomic E-state index is 2.59. The maximum Gasteiger partial charge on any atom is 0.0405 e. The average molecular weight is 395 g/mol. The Labute approximate surface area is 174 Å². The summed E-state index contributed by atoms with van der Waals surface area (Å²) in [6, 6.07) is 31.9. The number of hydrogen-bond acceptors (Lipinski definition) is 0. The van der Waals surface area contributed by atoms with Gasteiger partial charge in [-0.1, -0.05) is 84.9 Å². The molecule has 6 rings (SSSR count). The summed E-state index contributed by atoms with van der Waals surface area (Å²) >= 11 is 0. The van der Waals surface area contributed by atoms with Crippen LogP contribution in [0.4, 0.5) is 0 Å². The van der Waals surface area contributed by atoms with Crippen molar-refractivity contribution in [3.05, 3.63) is 107 Å². The molecule has 0 fully saturated rings. The third-order valence-corrected chi connectivity index (χ3v) is 10.9. The van der Waals surface area contributed by atoms with E-state index in [0.717, 1.165) is 0 Å². The SMILES string of the molecule is CS(C)(C1CCc2c1ccc1ccccc21)C1c2ccccc2-c2ccccc21. The molecule has 0 nitrogen and oxygen atoms in total. The molecule has 2 aliphatic carbocycles. The van der Waals surface area contributed by atoms with Crippen molar-refractivity contribution in [3.8, 4) is 11.1 Å². The lowest BCUT2D eigenvalue weighted by atomic mass is 10.0. The van der Waals surface area contributed by atoms with Crippen LogP contribution in [0.15, 0.2) is 84.9 Å². The van der Waals surface area contributed by atoms with Gasteiger partial charge in [-0.15, -0.1) is 0 Å². The van der Waals surface area contributed by atoms with Gasteiger partial charge in [-0.05, 0) is 69.5 Å². The summed E-state index contributed by atoms with van der Waals surface area (Å²) in [6.07, 6.45) is 7.68. The van der Waals surface area contributed by atoms with Crippen molar-refractivity contribution in [1.82, 2.24) is 0 Å². The standard InChI is InChI=1S/C28H26S/c1-29(2,27-18-17-23-20-10-4-3-9-19(20)15-16-24(23)27)28-25-13-7-5-11-21(25)22-12-6-8-14-26(22)28/h3-16,27-28H,17-18H2,1-2H3. The van der Waals surface area contributed by atoms with Gasteiger partial charge in [0.05, 0.1) is 0 Å². The Bertz CT molecular complexity index is 1200. The van der Waals surface area contributed by atoms with Gasteiger partial charge in [0.25, 0.3) is 0 Å². The summed E-state index contributed by atoms with van der Waals surface area (Å²) in [7, 11) is -0.947. The van der Waals surface area contributed by atoms with Crippen LogP contribution in [-0.2, 0) is 6.42 Å². The Morgan fingerprint density at radius 2 is 1.28 bits per heavy atom. The third kappa shape index (κ3) is 2.40. The van der Waals surface area contributed by atoms with E-state index in [2.05, 4.69) is 97.4 Å². The Hall–Kier alpha value is -2.51. The van der Waals surface area contributed by atoms with Crippen LogP contribution in [0.1, 0.15) is 39.2 Å². The first-order valence-electron chi connectivity index (χ1n) is 10.6. The van der Waals surface area contributed by atoms with Gasteiger partial charge in [-0.3, -0.25) is 0 Å². The molecule has 0 spiro atoms. The van der Waals surface area contributed by atoms with E-state index >= 15 is 0 Å². The van der Waals surface area contributed by atoms with E-state index in [0.29, 0.717) is 10.5 Å². The molecular formula is C28H26S. The summed E-state index contributed by atoms with van der Waals surface area (Å²) in [5, 5.41) is 4.04. The molecule has 0 aromatic heterocycles. The average Bonchev–Trinajstić information content (AvgIpc) is 3.34. The van der Waals surface area contributed by atoms with E-state index in [1.165, 1.54) is 34.7 Å². The summed E-state index contributed by atoms with van der Waals surface area (Å²) in [5.41, 5.74) is 9.21. The van der Waals surface area contributed by atoms with Crippen molar-refractivity contribution < 1.29 is 0 Å². The molecule has 0 amide bonds. The monoisotopic (exact) mass is 394 g/mol. The first-order valence-corrected chi connectivity index (χ1v) is 13.1. The lowest BCUT2D eigenvalue weighted by molar-refractivity contribution is 0.874. The molecule has 0 saturated carbocycles. The molecule has 1 atom stereocenters. The van der Waals surface area contributed by atoms with E-state index in [4.69, 9.17) is 0 Å². The molecule has 1 unspecified atom stereocenters. The molecule has 0 saturated heterocycles. The first-order chi connectivity index (χ1) is 14.2. The molecule has 4 aromatic carbocycles. The van der Waals surface area contributed by atoms with Gasteiger partial charge < -0.3 is 0 Å². The van der Waals surface area contributed by atoms with Gasteiger partial charge >= 0.3 is 0 Å². The van der Waals surface area contributed by atoms with Crippen LogP contribution in [0.2, 0.25) is 0 Å². The second-order valence-corrected chi connectivity index (χ2v) is 12.9. The smallest absolute Gasteiger partial charge is 0.0405 e. The molecule has 4 aromatic rings. The second kappa shape index (κ2) is 6.24. The highest BCUT2D eigenvalue weighted by molar-refractivity contribution is 8.33. The van der Waals surface area contributed by atoms with Crippen LogP contribution in [-0.4, -0.2) is 12.5 Å². The number of benzene rings is 4. The number of rotatable bonds is 2. The van der Waals surface area contributed by atoms with Crippen molar-refractivity contribution >= 4 is 20.8 Å². The van der Waals surface area contributed by atoms with E-state index < -0.39 is 10.0 Å². The van der Waals surface area contributed by atoms with Crippen LogP contribution >= 0.6 is 10.0 Å². The zero-order valence-corrected chi connectivity index (χ0v) is 17.9. The minimum atomic E-state index is -0.947. The molecule has 29 heavy (non-hydrogen) atoms. The number of hydrogen-bond donors (Lipinski definition) is 0. The maximum absolute atomic E-state index is 2.59. The van der Waals surface area contributed by atoms with Gasteiger partial charge in [-0.25, -0.2) is 10.0 Å². The van der Waals surface area contributed by atoms with Gasteiger partial charge in [0, 0.05) is 10.5 Å². The van der Waals surface area contributed by atoms with Crippen molar-refractivity contribution in [1.29, 1.82) is 0 Å². The number of aryl methyl sites for hydroxylation is 1. The lowest BCUT2D eigenvalue weighted by Gasteiger charge is -2.45.